The first-order chi connectivity index (χ1) is 14.3. The summed E-state index contributed by atoms with van der Waals surface area (Å²) in [5.41, 5.74) is 1.72. The van der Waals surface area contributed by atoms with Crippen LogP contribution in [0.1, 0.15) is 17.9 Å². The van der Waals surface area contributed by atoms with E-state index in [9.17, 15) is 4.79 Å². The first-order valence-corrected chi connectivity index (χ1v) is 11.1. The van der Waals surface area contributed by atoms with Crippen LogP contribution in [0.2, 0.25) is 0 Å². The largest absolute Gasteiger partial charge is 0.339 e. The van der Waals surface area contributed by atoms with E-state index in [1.807, 2.05) is 72.1 Å². The van der Waals surface area contributed by atoms with Gasteiger partial charge in [0.15, 0.2) is 0 Å². The number of aromatic nitrogens is 2. The van der Waals surface area contributed by atoms with Crippen LogP contribution in [0.5, 0.6) is 0 Å². The maximum Gasteiger partial charge on any atom is 0.231 e. The van der Waals surface area contributed by atoms with Gasteiger partial charge in [-0.3, -0.25) is 4.79 Å². The summed E-state index contributed by atoms with van der Waals surface area (Å²) in [6.45, 7) is 0. The lowest BCUT2D eigenvalue weighted by Crippen LogP contribution is -2.13. The summed E-state index contributed by atoms with van der Waals surface area (Å²) in [5, 5.41) is 9.04. The predicted octanol–water partition coefficient (Wildman–Crippen LogP) is 5.51. The molecule has 2 heterocycles. The highest BCUT2D eigenvalue weighted by Crippen LogP contribution is 2.24. The molecule has 146 valence electrons. The second kappa shape index (κ2) is 9.54. The van der Waals surface area contributed by atoms with Crippen molar-refractivity contribution in [1.29, 1.82) is 0 Å². The van der Waals surface area contributed by atoms with Gasteiger partial charge in [0, 0.05) is 22.8 Å². The summed E-state index contributed by atoms with van der Waals surface area (Å²) in [7, 11) is 0. The van der Waals surface area contributed by atoms with E-state index in [-0.39, 0.29) is 5.91 Å². The average Bonchev–Trinajstić information content (AvgIpc) is 3.42. The summed E-state index contributed by atoms with van der Waals surface area (Å²) in [6, 6.07) is 21.7. The number of para-hydroxylation sites is 1. The first kappa shape index (κ1) is 19.4. The second-order valence-electron chi connectivity index (χ2n) is 6.28. The average molecular weight is 422 g/mol. The predicted molar refractivity (Wildman–Crippen MR) is 117 cm³/mol. The van der Waals surface area contributed by atoms with Crippen LogP contribution in [-0.2, 0) is 11.2 Å². The third-order valence-corrected chi connectivity index (χ3v) is 6.06. The number of hydrogen-bond acceptors (Lipinski definition) is 6. The van der Waals surface area contributed by atoms with Crippen molar-refractivity contribution in [3.63, 3.8) is 0 Å². The molecule has 0 aliphatic heterocycles. The van der Waals surface area contributed by atoms with Crippen LogP contribution in [0.25, 0.3) is 10.7 Å². The van der Waals surface area contributed by atoms with Gasteiger partial charge >= 0.3 is 0 Å². The van der Waals surface area contributed by atoms with Gasteiger partial charge in [-0.1, -0.05) is 47.6 Å². The molecule has 1 N–H and O–H groups in total. The number of carbonyl (C=O) groups excluding carboxylic acids is 1. The van der Waals surface area contributed by atoms with Gasteiger partial charge in [-0.05, 0) is 35.2 Å². The van der Waals surface area contributed by atoms with Crippen LogP contribution >= 0.6 is 23.1 Å². The summed E-state index contributed by atoms with van der Waals surface area (Å²) in [4.78, 5) is 19.0. The van der Waals surface area contributed by atoms with Gasteiger partial charge in [-0.15, -0.1) is 23.1 Å². The van der Waals surface area contributed by atoms with E-state index in [4.69, 9.17) is 4.52 Å². The van der Waals surface area contributed by atoms with Crippen molar-refractivity contribution in [3.8, 4) is 10.7 Å². The van der Waals surface area contributed by atoms with E-state index in [1.165, 1.54) is 4.90 Å². The van der Waals surface area contributed by atoms with Crippen molar-refractivity contribution in [2.75, 3.05) is 11.1 Å². The number of thiophene rings is 1. The first-order valence-electron chi connectivity index (χ1n) is 9.20. The molecule has 0 atom stereocenters. The monoisotopic (exact) mass is 421 g/mol. The molecule has 4 rings (SSSR count). The van der Waals surface area contributed by atoms with Crippen molar-refractivity contribution in [2.45, 2.75) is 17.7 Å². The molecule has 7 heteroatoms. The zero-order chi connectivity index (χ0) is 19.9. The number of anilines is 1. The number of nitrogens with zero attached hydrogens (tertiary/aromatic N) is 2. The molecule has 0 bridgehead atoms. The maximum absolute atomic E-state index is 12.4. The Balaban J connectivity index is 1.36. The Morgan fingerprint density at radius 3 is 2.69 bits per heavy atom. The highest BCUT2D eigenvalue weighted by atomic mass is 32.2. The molecule has 2 aromatic carbocycles. The van der Waals surface area contributed by atoms with Crippen LogP contribution in [-0.4, -0.2) is 21.8 Å². The molecular weight excluding hydrogens is 402 g/mol. The van der Waals surface area contributed by atoms with Crippen molar-refractivity contribution in [3.05, 3.63) is 83.6 Å². The van der Waals surface area contributed by atoms with Gasteiger partial charge in [-0.25, -0.2) is 0 Å². The Bertz CT molecular complexity index is 1060. The highest BCUT2D eigenvalue weighted by molar-refractivity contribution is 7.99. The zero-order valence-corrected chi connectivity index (χ0v) is 17.2. The van der Waals surface area contributed by atoms with E-state index in [1.54, 1.807) is 23.1 Å². The van der Waals surface area contributed by atoms with Crippen molar-refractivity contribution < 1.29 is 9.32 Å². The van der Waals surface area contributed by atoms with E-state index in [0.29, 0.717) is 24.6 Å². The van der Waals surface area contributed by atoms with Crippen LogP contribution in [0, 0.1) is 0 Å². The van der Waals surface area contributed by atoms with Crippen LogP contribution in [0.15, 0.2) is 81.5 Å². The Kier molecular flexibility index (Phi) is 6.38. The number of amides is 1. The molecule has 0 saturated heterocycles. The van der Waals surface area contributed by atoms with E-state index < -0.39 is 0 Å². The fourth-order valence-corrected chi connectivity index (χ4v) is 4.30. The van der Waals surface area contributed by atoms with E-state index >= 15 is 0 Å². The molecule has 0 unspecified atom stereocenters. The van der Waals surface area contributed by atoms with E-state index in [2.05, 4.69) is 15.5 Å². The smallest absolute Gasteiger partial charge is 0.231 e. The van der Waals surface area contributed by atoms with Crippen LogP contribution in [0.3, 0.4) is 0 Å². The molecular formula is C22H19N3O2S2. The number of benzene rings is 2. The summed E-state index contributed by atoms with van der Waals surface area (Å²) in [5.74, 6) is 1.83. The summed E-state index contributed by atoms with van der Waals surface area (Å²) >= 11 is 3.24. The molecule has 0 aliphatic rings. The van der Waals surface area contributed by atoms with Crippen LogP contribution in [0.4, 0.5) is 5.69 Å². The molecule has 0 saturated carbocycles. The number of thioether (sulfide) groups is 1. The lowest BCUT2D eigenvalue weighted by Gasteiger charge is -2.09. The molecule has 29 heavy (non-hydrogen) atoms. The number of nitrogens with one attached hydrogen (secondary N) is 1. The Hall–Kier alpha value is -2.90. The Labute approximate surface area is 177 Å². The SMILES string of the molecule is O=C(CCSc1ccccc1)Nc1ccccc1Cc1nc(-c2cccs2)no1. The molecule has 0 radical (unpaired) electrons. The van der Waals surface area contributed by atoms with E-state index in [0.717, 1.165) is 21.9 Å². The number of rotatable bonds is 8. The molecule has 0 aliphatic carbocycles. The maximum atomic E-state index is 12.4. The number of carbonyl (C=O) groups is 1. The lowest BCUT2D eigenvalue weighted by molar-refractivity contribution is -0.115. The summed E-state index contributed by atoms with van der Waals surface area (Å²) in [6.07, 6.45) is 0.907. The van der Waals surface area contributed by atoms with Gasteiger partial charge in [0.05, 0.1) is 11.3 Å². The van der Waals surface area contributed by atoms with Crippen LogP contribution < -0.4 is 5.32 Å². The molecule has 1 amide bonds. The Morgan fingerprint density at radius 1 is 1.03 bits per heavy atom. The molecule has 0 fully saturated rings. The molecule has 4 aromatic rings. The fraction of sp³-hybridized carbons (Fsp3) is 0.136. The standard InChI is InChI=1S/C22H19N3O2S2/c26-20(12-14-28-17-8-2-1-3-9-17)23-18-10-5-4-7-16(18)15-21-24-22(25-27-21)19-11-6-13-29-19/h1-11,13H,12,14-15H2,(H,23,26). The van der Waals surface area contributed by atoms with Crippen molar-refractivity contribution in [1.82, 2.24) is 10.1 Å². The van der Waals surface area contributed by atoms with Gasteiger partial charge < -0.3 is 9.84 Å². The summed E-state index contributed by atoms with van der Waals surface area (Å²) < 4.78 is 5.40. The van der Waals surface area contributed by atoms with Gasteiger partial charge in [0.1, 0.15) is 0 Å². The third-order valence-electron chi connectivity index (χ3n) is 4.18. The Morgan fingerprint density at radius 2 is 1.86 bits per heavy atom. The van der Waals surface area contributed by atoms with Crippen molar-refractivity contribution >= 4 is 34.7 Å². The van der Waals surface area contributed by atoms with Crippen molar-refractivity contribution in [2.24, 2.45) is 0 Å². The minimum absolute atomic E-state index is 0.00863. The minimum atomic E-state index is -0.00863. The molecule has 5 nitrogen and oxygen atoms in total. The molecule has 0 spiro atoms. The van der Waals surface area contributed by atoms with Gasteiger partial charge in [-0.2, -0.15) is 4.98 Å². The normalized spacial score (nSPS) is 10.8. The molecule has 2 aromatic heterocycles. The topological polar surface area (TPSA) is 68.0 Å². The fourth-order valence-electron chi connectivity index (χ4n) is 2.78. The number of hydrogen-bond donors (Lipinski definition) is 1. The second-order valence-corrected chi connectivity index (χ2v) is 8.40. The highest BCUT2D eigenvalue weighted by Gasteiger charge is 2.13. The zero-order valence-electron chi connectivity index (χ0n) is 15.6. The quantitative estimate of drug-likeness (QED) is 0.380. The minimum Gasteiger partial charge on any atom is -0.339 e. The van der Waals surface area contributed by atoms with Gasteiger partial charge in [0.2, 0.25) is 17.6 Å². The lowest BCUT2D eigenvalue weighted by atomic mass is 10.1. The third kappa shape index (κ3) is 5.34. The van der Waals surface area contributed by atoms with Gasteiger partial charge in [0.25, 0.3) is 0 Å².